The lowest BCUT2D eigenvalue weighted by Crippen LogP contribution is -2.11. The van der Waals surface area contributed by atoms with Gasteiger partial charge in [0.25, 0.3) is 0 Å². The van der Waals surface area contributed by atoms with Gasteiger partial charge in [-0.3, -0.25) is 0 Å². The molecule has 2 heteroatoms. The van der Waals surface area contributed by atoms with Crippen LogP contribution < -0.4 is 0 Å². The summed E-state index contributed by atoms with van der Waals surface area (Å²) in [6.45, 7) is 18.7. The van der Waals surface area contributed by atoms with E-state index in [1.165, 1.54) is 75.5 Å². The third-order valence-corrected chi connectivity index (χ3v) is 10.2. The lowest BCUT2D eigenvalue weighted by atomic mass is 9.80. The summed E-state index contributed by atoms with van der Waals surface area (Å²) in [7, 11) is 0. The fourth-order valence-electron chi connectivity index (χ4n) is 5.95. The van der Waals surface area contributed by atoms with Crippen LogP contribution in [0.25, 0.3) is 53.2 Å². The zero-order chi connectivity index (χ0) is 28.4. The van der Waals surface area contributed by atoms with Gasteiger partial charge < -0.3 is 0 Å². The van der Waals surface area contributed by atoms with E-state index in [4.69, 9.17) is 0 Å². The third kappa shape index (κ3) is 4.52. The molecule has 0 saturated carbocycles. The van der Waals surface area contributed by atoms with Crippen LogP contribution in [-0.4, -0.2) is 0 Å². The summed E-state index contributed by atoms with van der Waals surface area (Å²) in [5, 5.41) is 12.4. The molecule has 0 radical (unpaired) electrons. The predicted octanol–water partition coefficient (Wildman–Crippen LogP) is 12.4. The van der Waals surface area contributed by atoms with Gasteiger partial charge in [-0.25, -0.2) is 0 Å². The maximum Gasteiger partial charge on any atom is 0.0355 e. The number of hydrogen-bond donors (Lipinski definition) is 0. The number of rotatable bonds is 2. The highest BCUT2D eigenvalue weighted by Crippen LogP contribution is 2.47. The monoisotopic (exact) mass is 558 g/mol. The van der Waals surface area contributed by atoms with Crippen LogP contribution in [0.1, 0.15) is 63.8 Å². The maximum atomic E-state index is 2.48. The molecule has 0 saturated heterocycles. The Hall–Kier alpha value is -3.20. The Morgan fingerprint density at radius 2 is 0.825 bits per heavy atom. The summed E-state index contributed by atoms with van der Waals surface area (Å²) >= 11 is 3.69. The van der Waals surface area contributed by atoms with Gasteiger partial charge in [-0.2, -0.15) is 0 Å². The number of hydrogen-bond acceptors (Lipinski definition) is 2. The number of aryl methyl sites for hydroxylation is 2. The van der Waals surface area contributed by atoms with E-state index in [9.17, 15) is 0 Å². The van der Waals surface area contributed by atoms with Crippen LogP contribution in [0.2, 0.25) is 0 Å². The molecule has 6 rings (SSSR count). The minimum absolute atomic E-state index is 0.0174. The first-order valence-electron chi connectivity index (χ1n) is 14.2. The van der Waals surface area contributed by atoms with Gasteiger partial charge in [-0.1, -0.05) is 102 Å². The molecule has 4 aromatic carbocycles. The van der Waals surface area contributed by atoms with Crippen molar-refractivity contribution in [1.82, 2.24) is 0 Å². The van der Waals surface area contributed by atoms with Gasteiger partial charge in [0.1, 0.15) is 0 Å². The van der Waals surface area contributed by atoms with Gasteiger partial charge in [-0.15, -0.1) is 22.7 Å². The van der Waals surface area contributed by atoms with E-state index in [0.717, 1.165) is 0 Å². The molecule has 0 fully saturated rings. The number of fused-ring (bicyclic) bond motifs is 7. The summed E-state index contributed by atoms with van der Waals surface area (Å²) in [6.07, 6.45) is 0. The summed E-state index contributed by atoms with van der Waals surface area (Å²) in [4.78, 5) is 2.64. The number of thiophene rings is 2. The van der Waals surface area contributed by atoms with Crippen LogP contribution in [-0.2, 0) is 10.8 Å². The molecule has 0 amide bonds. The second-order valence-corrected chi connectivity index (χ2v) is 15.0. The summed E-state index contributed by atoms with van der Waals surface area (Å²) in [5.41, 5.74) is 8.16. The van der Waals surface area contributed by atoms with Crippen molar-refractivity contribution in [3.05, 3.63) is 106 Å². The van der Waals surface area contributed by atoms with Crippen LogP contribution in [0.3, 0.4) is 0 Å². The molecular weight excluding hydrogens is 521 g/mol. The molecule has 202 valence electrons. The SMILES string of the molecule is Cc1c2cc(C(C)(C)C)cc1c1ccccc1c1cc(C(C)(C)C)cc(c(-c3cccs3)c2-c2cccs2)c1C. The van der Waals surface area contributed by atoms with E-state index in [1.807, 2.05) is 22.7 Å². The van der Waals surface area contributed by atoms with Crippen LogP contribution in [0.5, 0.6) is 0 Å². The Kier molecular flexibility index (Phi) is 6.56. The van der Waals surface area contributed by atoms with Crippen LogP contribution in [0.15, 0.2) is 83.6 Å². The Balaban J connectivity index is 2.07. The maximum absolute atomic E-state index is 2.48. The Bertz CT molecular complexity index is 1760. The second kappa shape index (κ2) is 9.72. The molecule has 0 aliphatic carbocycles. The summed E-state index contributed by atoms with van der Waals surface area (Å²) in [6, 6.07) is 27.9. The van der Waals surface area contributed by atoms with Gasteiger partial charge in [0.05, 0.1) is 0 Å². The van der Waals surface area contributed by atoms with Crippen LogP contribution in [0, 0.1) is 13.8 Å². The Morgan fingerprint density at radius 3 is 1.15 bits per heavy atom. The van der Waals surface area contributed by atoms with Crippen molar-refractivity contribution in [3.63, 3.8) is 0 Å². The van der Waals surface area contributed by atoms with Gasteiger partial charge in [-0.05, 0) is 102 Å². The Morgan fingerprint density at radius 1 is 0.450 bits per heavy atom. The normalized spacial score (nSPS) is 12.5. The van der Waals surface area contributed by atoms with Crippen molar-refractivity contribution in [1.29, 1.82) is 0 Å². The molecule has 0 spiro atoms. The molecular formula is C38H38S2. The highest BCUT2D eigenvalue weighted by atomic mass is 32.1. The molecule has 0 N–H and O–H groups in total. The van der Waals surface area contributed by atoms with Crippen molar-refractivity contribution in [3.8, 4) is 20.9 Å². The highest BCUT2D eigenvalue weighted by molar-refractivity contribution is 7.14. The third-order valence-electron chi connectivity index (χ3n) is 8.38. The molecule has 6 aromatic rings. The van der Waals surface area contributed by atoms with Gasteiger partial charge in [0.15, 0.2) is 0 Å². The summed E-state index contributed by atoms with van der Waals surface area (Å²) < 4.78 is 0. The molecule has 0 atom stereocenters. The topological polar surface area (TPSA) is 0 Å². The van der Waals surface area contributed by atoms with Gasteiger partial charge in [0, 0.05) is 20.9 Å². The van der Waals surface area contributed by atoms with E-state index >= 15 is 0 Å². The first kappa shape index (κ1) is 27.0. The molecule has 2 aromatic heterocycles. The van der Waals surface area contributed by atoms with E-state index in [1.54, 1.807) is 0 Å². The standard InChI is InChI=1S/C38H38S2/c1-23-29-19-25(37(3,4)5)21-31(23)35(33-15-11-17-39-33)36(34-16-12-18-40-34)32-22-26(38(6,7)8)20-30(24(32)2)28-14-10-9-13-27(28)29/h9-22H,1-8H3. The minimum atomic E-state index is 0.0174. The lowest BCUT2D eigenvalue weighted by Gasteiger charge is -2.24. The van der Waals surface area contributed by atoms with Crippen molar-refractivity contribution in [2.45, 2.75) is 66.2 Å². The van der Waals surface area contributed by atoms with Crippen LogP contribution >= 0.6 is 22.7 Å². The quantitative estimate of drug-likeness (QED) is 0.198. The fraction of sp³-hybridized carbons (Fsp3) is 0.263. The molecule has 0 aliphatic heterocycles. The van der Waals surface area contributed by atoms with Crippen molar-refractivity contribution >= 4 is 55.0 Å². The number of benzene rings is 3. The van der Waals surface area contributed by atoms with Gasteiger partial charge in [0.2, 0.25) is 0 Å². The predicted molar refractivity (Wildman–Crippen MR) is 181 cm³/mol. The van der Waals surface area contributed by atoms with Gasteiger partial charge >= 0.3 is 0 Å². The first-order valence-corrected chi connectivity index (χ1v) is 15.9. The largest absolute Gasteiger partial charge is 0.144 e. The second-order valence-electron chi connectivity index (χ2n) is 13.1. The average Bonchev–Trinajstić information content (AvgIpc) is 3.61. The molecule has 2 heterocycles. The van der Waals surface area contributed by atoms with E-state index in [2.05, 4.69) is 139 Å². The first-order chi connectivity index (χ1) is 18.9. The van der Waals surface area contributed by atoms with Crippen molar-refractivity contribution in [2.24, 2.45) is 0 Å². The smallest absolute Gasteiger partial charge is 0.0355 e. The lowest BCUT2D eigenvalue weighted by molar-refractivity contribution is 0.591. The highest BCUT2D eigenvalue weighted by Gasteiger charge is 2.23. The zero-order valence-electron chi connectivity index (χ0n) is 24.9. The molecule has 40 heavy (non-hydrogen) atoms. The minimum Gasteiger partial charge on any atom is -0.144 e. The molecule has 4 bridgehead atoms. The molecule has 0 unspecified atom stereocenters. The zero-order valence-corrected chi connectivity index (χ0v) is 26.5. The molecule has 0 aliphatic rings. The van der Waals surface area contributed by atoms with Crippen LogP contribution in [0.4, 0.5) is 0 Å². The van der Waals surface area contributed by atoms with Crippen molar-refractivity contribution < 1.29 is 0 Å². The van der Waals surface area contributed by atoms with Crippen molar-refractivity contribution in [2.75, 3.05) is 0 Å². The molecule has 0 nitrogen and oxygen atoms in total. The van der Waals surface area contributed by atoms with E-state index in [0.29, 0.717) is 0 Å². The average molecular weight is 559 g/mol. The Labute approximate surface area is 247 Å². The summed E-state index contributed by atoms with van der Waals surface area (Å²) in [5.74, 6) is 0. The fourth-order valence-corrected chi connectivity index (χ4v) is 7.53. The van der Waals surface area contributed by atoms with E-state index < -0.39 is 0 Å². The van der Waals surface area contributed by atoms with E-state index in [-0.39, 0.29) is 10.8 Å².